The fourth-order valence-electron chi connectivity index (χ4n) is 2.30. The molecule has 0 aliphatic heterocycles. The summed E-state index contributed by atoms with van der Waals surface area (Å²) in [4.78, 5) is 28.9. The number of methoxy groups -OCH3 is 1. The lowest BCUT2D eigenvalue weighted by Crippen LogP contribution is -2.31. The summed E-state index contributed by atoms with van der Waals surface area (Å²) in [5, 5.41) is 5.34. The van der Waals surface area contributed by atoms with Crippen molar-refractivity contribution in [3.05, 3.63) is 24.3 Å². The summed E-state index contributed by atoms with van der Waals surface area (Å²) >= 11 is 0. The van der Waals surface area contributed by atoms with Crippen LogP contribution in [0.1, 0.15) is 33.1 Å². The highest BCUT2D eigenvalue weighted by molar-refractivity contribution is 5.96. The first kappa shape index (κ1) is 18.7. The molecule has 0 bridgehead atoms. The van der Waals surface area contributed by atoms with E-state index in [1.54, 1.807) is 18.2 Å². The molecule has 0 fully saturated rings. The summed E-state index contributed by atoms with van der Waals surface area (Å²) in [7, 11) is 1.46. The van der Waals surface area contributed by atoms with Gasteiger partial charge in [-0.05, 0) is 18.6 Å². The van der Waals surface area contributed by atoms with Crippen molar-refractivity contribution in [3.8, 4) is 0 Å². The van der Waals surface area contributed by atoms with Crippen molar-refractivity contribution in [1.29, 1.82) is 0 Å². The van der Waals surface area contributed by atoms with Crippen molar-refractivity contribution >= 4 is 29.1 Å². The third-order valence-electron chi connectivity index (χ3n) is 3.62. The summed E-state index contributed by atoms with van der Waals surface area (Å²) in [5.74, 6) is 0.103. The average molecular weight is 348 g/mol. The van der Waals surface area contributed by atoms with Crippen LogP contribution in [0.2, 0.25) is 0 Å². The highest BCUT2D eigenvalue weighted by Crippen LogP contribution is 2.19. The number of carbonyl (C=O) groups excluding carboxylic acids is 2. The number of hydrogen-bond donors (Lipinski definition) is 2. The maximum atomic E-state index is 12.5. The van der Waals surface area contributed by atoms with Crippen LogP contribution < -0.4 is 10.6 Å². The lowest BCUT2D eigenvalue weighted by atomic mass is 10.3. The molecule has 2 aromatic rings. The molecule has 0 saturated carbocycles. The molecule has 1 heterocycles. The van der Waals surface area contributed by atoms with Gasteiger partial charge in [-0.15, -0.1) is 0 Å². The van der Waals surface area contributed by atoms with Crippen molar-refractivity contribution in [2.75, 3.05) is 19.0 Å². The van der Waals surface area contributed by atoms with Crippen LogP contribution in [0.25, 0.3) is 11.0 Å². The van der Waals surface area contributed by atoms with Gasteiger partial charge < -0.3 is 14.8 Å². The van der Waals surface area contributed by atoms with Crippen LogP contribution in [0.5, 0.6) is 0 Å². The second-order valence-corrected chi connectivity index (χ2v) is 5.45. The smallest absolute Gasteiger partial charge is 0.416 e. The first-order chi connectivity index (χ1) is 12.1. The zero-order chi connectivity index (χ0) is 18.2. The Kier molecular flexibility index (Phi) is 6.76. The number of amides is 2. The van der Waals surface area contributed by atoms with E-state index in [0.717, 1.165) is 12.8 Å². The van der Waals surface area contributed by atoms with E-state index in [2.05, 4.69) is 15.6 Å². The van der Waals surface area contributed by atoms with E-state index in [0.29, 0.717) is 24.0 Å². The number of fused-ring (bicyclic) bond motifs is 1. The first-order valence-corrected chi connectivity index (χ1v) is 8.36. The monoisotopic (exact) mass is 348 g/mol. The third-order valence-corrected chi connectivity index (χ3v) is 3.62. The Morgan fingerprint density at radius 1 is 1.28 bits per heavy atom. The summed E-state index contributed by atoms with van der Waals surface area (Å²) in [6, 6.07) is 6.80. The summed E-state index contributed by atoms with van der Waals surface area (Å²) in [6.45, 7) is 4.42. The van der Waals surface area contributed by atoms with Gasteiger partial charge >= 0.3 is 12.1 Å². The normalized spacial score (nSPS) is 12.0. The second kappa shape index (κ2) is 9.03. The number of rotatable bonds is 7. The van der Waals surface area contributed by atoms with E-state index < -0.39 is 12.4 Å². The number of hydrogen-bond acceptors (Lipinski definition) is 5. The molecule has 0 spiro atoms. The molecule has 1 unspecified atom stereocenters. The van der Waals surface area contributed by atoms with Gasteiger partial charge in [0.1, 0.15) is 0 Å². The molecule has 8 heteroatoms. The molecule has 1 aromatic heterocycles. The molecule has 25 heavy (non-hydrogen) atoms. The number of imidazole rings is 1. The van der Waals surface area contributed by atoms with Gasteiger partial charge in [0.2, 0.25) is 12.2 Å². The van der Waals surface area contributed by atoms with E-state index in [1.807, 2.05) is 19.9 Å². The number of aromatic nitrogens is 2. The average Bonchev–Trinajstić information content (AvgIpc) is 2.97. The highest BCUT2D eigenvalue weighted by atomic mass is 16.7. The van der Waals surface area contributed by atoms with Gasteiger partial charge in [-0.1, -0.05) is 32.4 Å². The van der Waals surface area contributed by atoms with Crippen LogP contribution in [-0.2, 0) is 9.47 Å². The number of para-hydroxylation sites is 2. The number of anilines is 1. The van der Waals surface area contributed by atoms with Crippen LogP contribution in [0.3, 0.4) is 0 Å². The van der Waals surface area contributed by atoms with Gasteiger partial charge in [0.15, 0.2) is 0 Å². The summed E-state index contributed by atoms with van der Waals surface area (Å²) in [6.07, 6.45) is 0.966. The minimum Gasteiger partial charge on any atom is -0.419 e. The van der Waals surface area contributed by atoms with Crippen molar-refractivity contribution < 1.29 is 19.1 Å². The molecule has 1 atom stereocenters. The molecule has 0 aliphatic rings. The van der Waals surface area contributed by atoms with Crippen LogP contribution in [-0.4, -0.2) is 41.6 Å². The highest BCUT2D eigenvalue weighted by Gasteiger charge is 2.20. The van der Waals surface area contributed by atoms with E-state index >= 15 is 0 Å². The molecule has 136 valence electrons. The van der Waals surface area contributed by atoms with Crippen molar-refractivity contribution in [2.24, 2.45) is 0 Å². The molecule has 2 rings (SSSR count). The lowest BCUT2D eigenvalue weighted by molar-refractivity contribution is -0.0781. The third kappa shape index (κ3) is 4.69. The quantitative estimate of drug-likeness (QED) is 0.591. The molecule has 1 aromatic carbocycles. The SMILES string of the molecule is CCCCNC(=O)n1c(NC(=O)OC(CC)OC)nc2ccccc21. The van der Waals surface area contributed by atoms with Gasteiger partial charge in [-0.3, -0.25) is 5.32 Å². The Labute approximate surface area is 146 Å². The summed E-state index contributed by atoms with van der Waals surface area (Å²) in [5.41, 5.74) is 1.20. The minimum absolute atomic E-state index is 0.103. The molecule has 8 nitrogen and oxygen atoms in total. The number of benzene rings is 1. The Morgan fingerprint density at radius 2 is 2.04 bits per heavy atom. The zero-order valence-electron chi connectivity index (χ0n) is 14.7. The number of ether oxygens (including phenoxy) is 2. The Bertz CT molecular complexity index is 725. The molecule has 0 saturated heterocycles. The number of carbonyl (C=O) groups is 2. The molecule has 2 amide bonds. The van der Waals surface area contributed by atoms with Crippen LogP contribution in [0, 0.1) is 0 Å². The van der Waals surface area contributed by atoms with Crippen molar-refractivity contribution in [2.45, 2.75) is 39.4 Å². The van der Waals surface area contributed by atoms with Gasteiger partial charge in [0, 0.05) is 20.1 Å². The first-order valence-electron chi connectivity index (χ1n) is 8.36. The molecular formula is C17H24N4O4. The van der Waals surface area contributed by atoms with Crippen LogP contribution >= 0.6 is 0 Å². The number of nitrogens with one attached hydrogen (secondary N) is 2. The number of unbranched alkanes of at least 4 members (excludes halogenated alkanes) is 1. The van der Waals surface area contributed by atoms with E-state index in [9.17, 15) is 9.59 Å². The fourth-order valence-corrected chi connectivity index (χ4v) is 2.30. The van der Waals surface area contributed by atoms with E-state index in [1.165, 1.54) is 11.7 Å². The minimum atomic E-state index is -0.730. The largest absolute Gasteiger partial charge is 0.419 e. The Morgan fingerprint density at radius 3 is 2.72 bits per heavy atom. The second-order valence-electron chi connectivity index (χ2n) is 5.45. The molecule has 0 aliphatic carbocycles. The van der Waals surface area contributed by atoms with E-state index in [-0.39, 0.29) is 12.0 Å². The fraction of sp³-hybridized carbons (Fsp3) is 0.471. The van der Waals surface area contributed by atoms with Gasteiger partial charge in [0.25, 0.3) is 0 Å². The standard InChI is InChI=1S/C17H24N4O4/c1-4-6-11-18-16(22)21-13-10-8-7-9-12(13)19-15(21)20-17(23)25-14(5-2)24-3/h7-10,14H,4-6,11H2,1-3H3,(H,18,22)(H,19,20,23). The Balaban J connectivity index is 2.24. The maximum Gasteiger partial charge on any atom is 0.416 e. The van der Waals surface area contributed by atoms with Crippen LogP contribution in [0.4, 0.5) is 15.5 Å². The predicted octanol–water partition coefficient (Wildman–Crippen LogP) is 3.33. The van der Waals surface area contributed by atoms with Gasteiger partial charge in [-0.25, -0.2) is 19.1 Å². The van der Waals surface area contributed by atoms with Crippen LogP contribution in [0.15, 0.2) is 24.3 Å². The molecular weight excluding hydrogens is 324 g/mol. The van der Waals surface area contributed by atoms with Gasteiger partial charge in [0.05, 0.1) is 11.0 Å². The lowest BCUT2D eigenvalue weighted by Gasteiger charge is -2.15. The maximum absolute atomic E-state index is 12.5. The number of nitrogens with zero attached hydrogens (tertiary/aromatic N) is 2. The Hall–Kier alpha value is -2.61. The zero-order valence-corrected chi connectivity index (χ0v) is 14.7. The molecule has 2 N–H and O–H groups in total. The van der Waals surface area contributed by atoms with Crippen molar-refractivity contribution in [3.63, 3.8) is 0 Å². The summed E-state index contributed by atoms with van der Waals surface area (Å²) < 4.78 is 11.5. The predicted molar refractivity (Wildman–Crippen MR) is 94.6 cm³/mol. The van der Waals surface area contributed by atoms with Crippen molar-refractivity contribution in [1.82, 2.24) is 14.9 Å². The molecule has 0 radical (unpaired) electrons. The van der Waals surface area contributed by atoms with Gasteiger partial charge in [-0.2, -0.15) is 0 Å². The topological polar surface area (TPSA) is 94.5 Å². The van der Waals surface area contributed by atoms with E-state index in [4.69, 9.17) is 9.47 Å².